The van der Waals surface area contributed by atoms with Gasteiger partial charge >= 0.3 is 0 Å². The van der Waals surface area contributed by atoms with Crippen LogP contribution in [0.2, 0.25) is 0 Å². The second-order valence-corrected chi connectivity index (χ2v) is 4.58. The van der Waals surface area contributed by atoms with Crippen molar-refractivity contribution in [3.8, 4) is 5.75 Å². The number of carbonyl (C=O) groups is 1. The van der Waals surface area contributed by atoms with Crippen LogP contribution in [0.3, 0.4) is 0 Å². The summed E-state index contributed by atoms with van der Waals surface area (Å²) in [5, 5.41) is 9.50. The zero-order chi connectivity index (χ0) is 11.7. The molecule has 1 atom stereocenters. The van der Waals surface area contributed by atoms with Crippen LogP contribution in [0.5, 0.6) is 5.75 Å². The summed E-state index contributed by atoms with van der Waals surface area (Å²) < 4.78 is 0. The van der Waals surface area contributed by atoms with Crippen LogP contribution in [0.25, 0.3) is 0 Å². The van der Waals surface area contributed by atoms with Crippen molar-refractivity contribution in [2.24, 2.45) is 5.92 Å². The van der Waals surface area contributed by atoms with Crippen LogP contribution in [-0.4, -0.2) is 11.4 Å². The number of aryl methyl sites for hydroxylation is 1. The molecule has 84 valence electrons. The molecule has 16 heavy (non-hydrogen) atoms. The first kappa shape index (κ1) is 10.9. The van der Waals surface area contributed by atoms with Gasteiger partial charge in [-0.2, -0.15) is 0 Å². The maximum Gasteiger partial charge on any atom is 0.150 e. The predicted molar refractivity (Wildman–Crippen MR) is 63.8 cm³/mol. The van der Waals surface area contributed by atoms with E-state index < -0.39 is 0 Å². The first-order valence-electron chi connectivity index (χ1n) is 5.57. The summed E-state index contributed by atoms with van der Waals surface area (Å²) in [7, 11) is 0. The van der Waals surface area contributed by atoms with E-state index in [1.807, 2.05) is 6.92 Å². The van der Waals surface area contributed by atoms with Gasteiger partial charge in [0.05, 0.1) is 0 Å². The van der Waals surface area contributed by atoms with Crippen LogP contribution in [0.15, 0.2) is 24.3 Å². The normalized spacial score (nSPS) is 18.9. The second-order valence-electron chi connectivity index (χ2n) is 4.58. The van der Waals surface area contributed by atoms with Gasteiger partial charge in [-0.25, -0.2) is 0 Å². The minimum atomic E-state index is 0.189. The molecule has 1 aromatic rings. The molecule has 2 nitrogen and oxygen atoms in total. The Labute approximate surface area is 95.6 Å². The molecule has 0 aromatic heterocycles. The largest absolute Gasteiger partial charge is 0.508 e. The Kier molecular flexibility index (Phi) is 2.82. The lowest BCUT2D eigenvalue weighted by Crippen LogP contribution is -2.16. The molecule has 2 heteroatoms. The molecule has 0 spiro atoms. The second kappa shape index (κ2) is 4.12. The van der Waals surface area contributed by atoms with Gasteiger partial charge in [-0.1, -0.05) is 12.2 Å². The Bertz CT molecular complexity index is 446. The Morgan fingerprint density at radius 2 is 2.31 bits per heavy atom. The van der Waals surface area contributed by atoms with Crippen LogP contribution in [0.1, 0.15) is 34.8 Å². The van der Waals surface area contributed by atoms with Gasteiger partial charge in [0, 0.05) is 5.56 Å². The lowest BCUT2D eigenvalue weighted by molar-refractivity contribution is 0.112. The minimum Gasteiger partial charge on any atom is -0.508 e. The Morgan fingerprint density at radius 1 is 1.56 bits per heavy atom. The van der Waals surface area contributed by atoms with Gasteiger partial charge in [-0.05, 0) is 55.4 Å². The van der Waals surface area contributed by atoms with E-state index in [1.54, 1.807) is 12.1 Å². The molecule has 0 fully saturated rings. The summed E-state index contributed by atoms with van der Waals surface area (Å²) in [4.78, 5) is 11.0. The third kappa shape index (κ3) is 1.87. The van der Waals surface area contributed by atoms with Crippen LogP contribution in [-0.2, 0) is 12.8 Å². The van der Waals surface area contributed by atoms with Crippen molar-refractivity contribution in [1.82, 2.24) is 0 Å². The van der Waals surface area contributed by atoms with Gasteiger partial charge in [0.15, 0.2) is 0 Å². The van der Waals surface area contributed by atoms with E-state index in [0.29, 0.717) is 11.5 Å². The summed E-state index contributed by atoms with van der Waals surface area (Å²) in [6, 6.07) is 3.32. The van der Waals surface area contributed by atoms with E-state index in [2.05, 4.69) is 6.58 Å². The van der Waals surface area contributed by atoms with Crippen molar-refractivity contribution < 1.29 is 9.90 Å². The number of fused-ring (bicyclic) bond motifs is 1. The fourth-order valence-corrected chi connectivity index (χ4v) is 2.42. The molecule has 1 N–H and O–H groups in total. The van der Waals surface area contributed by atoms with E-state index in [1.165, 1.54) is 5.57 Å². The van der Waals surface area contributed by atoms with Gasteiger partial charge in [-0.3, -0.25) is 4.79 Å². The van der Waals surface area contributed by atoms with Crippen LogP contribution in [0.4, 0.5) is 0 Å². The number of aldehydes is 1. The van der Waals surface area contributed by atoms with Crippen molar-refractivity contribution in [1.29, 1.82) is 0 Å². The fraction of sp³-hybridized carbons (Fsp3) is 0.357. The zero-order valence-electron chi connectivity index (χ0n) is 9.49. The maximum absolute atomic E-state index is 11.0. The number of hydrogen-bond donors (Lipinski definition) is 1. The number of phenolic OH excluding ortho intramolecular Hbond substituents is 1. The van der Waals surface area contributed by atoms with Crippen LogP contribution in [0, 0.1) is 5.92 Å². The number of hydrogen-bond acceptors (Lipinski definition) is 2. The van der Waals surface area contributed by atoms with E-state index in [0.717, 1.165) is 36.7 Å². The minimum absolute atomic E-state index is 0.189. The molecular formula is C14H16O2. The summed E-state index contributed by atoms with van der Waals surface area (Å²) in [6.45, 7) is 6.03. The number of allylic oxidation sites excluding steroid dienone is 1. The molecule has 1 aliphatic rings. The fourth-order valence-electron chi connectivity index (χ4n) is 2.42. The molecule has 0 aliphatic heterocycles. The molecule has 1 aromatic carbocycles. The molecule has 0 heterocycles. The molecule has 0 saturated heterocycles. The highest BCUT2D eigenvalue weighted by atomic mass is 16.3. The van der Waals surface area contributed by atoms with Gasteiger partial charge in [0.2, 0.25) is 0 Å². The molecule has 0 bridgehead atoms. The Morgan fingerprint density at radius 3 is 2.94 bits per heavy atom. The third-order valence-corrected chi connectivity index (χ3v) is 3.40. The number of phenols is 1. The summed E-state index contributed by atoms with van der Waals surface area (Å²) >= 11 is 0. The monoisotopic (exact) mass is 216 g/mol. The topological polar surface area (TPSA) is 37.3 Å². The smallest absolute Gasteiger partial charge is 0.150 e. The highest BCUT2D eigenvalue weighted by Crippen LogP contribution is 2.33. The van der Waals surface area contributed by atoms with Gasteiger partial charge in [0.25, 0.3) is 0 Å². The van der Waals surface area contributed by atoms with Gasteiger partial charge in [0.1, 0.15) is 12.0 Å². The first-order valence-corrected chi connectivity index (χ1v) is 5.57. The van der Waals surface area contributed by atoms with Gasteiger partial charge in [-0.15, -0.1) is 0 Å². The number of carbonyl (C=O) groups excluding carboxylic acids is 1. The predicted octanol–water partition coefficient (Wildman–Crippen LogP) is 2.89. The third-order valence-electron chi connectivity index (χ3n) is 3.40. The highest BCUT2D eigenvalue weighted by molar-refractivity contribution is 5.79. The summed E-state index contributed by atoms with van der Waals surface area (Å²) in [5.41, 5.74) is 4.00. The molecule has 1 unspecified atom stereocenters. The quantitative estimate of drug-likeness (QED) is 0.609. The first-order chi connectivity index (χ1) is 7.61. The summed E-state index contributed by atoms with van der Waals surface area (Å²) in [6.07, 6.45) is 3.69. The van der Waals surface area contributed by atoms with Crippen molar-refractivity contribution >= 4 is 6.29 Å². The molecule has 2 rings (SSSR count). The highest BCUT2D eigenvalue weighted by Gasteiger charge is 2.22. The van der Waals surface area contributed by atoms with Crippen molar-refractivity contribution in [2.45, 2.75) is 26.2 Å². The van der Waals surface area contributed by atoms with E-state index in [9.17, 15) is 9.90 Å². The average molecular weight is 216 g/mol. The molecule has 0 amide bonds. The molecule has 0 radical (unpaired) electrons. The Balaban J connectivity index is 2.43. The molecule has 1 aliphatic carbocycles. The molecule has 0 saturated carbocycles. The number of rotatable bonds is 2. The van der Waals surface area contributed by atoms with Gasteiger partial charge < -0.3 is 5.11 Å². The van der Waals surface area contributed by atoms with E-state index in [-0.39, 0.29) is 5.75 Å². The van der Waals surface area contributed by atoms with Crippen molar-refractivity contribution in [3.05, 3.63) is 41.0 Å². The van der Waals surface area contributed by atoms with Crippen molar-refractivity contribution in [2.75, 3.05) is 0 Å². The van der Waals surface area contributed by atoms with E-state index >= 15 is 0 Å². The average Bonchev–Trinajstić information content (AvgIpc) is 2.27. The Hall–Kier alpha value is -1.57. The SMILES string of the molecule is C=C(C)C1CCc2cc(O)cc(C=O)c2C1. The van der Waals surface area contributed by atoms with Crippen molar-refractivity contribution in [3.63, 3.8) is 0 Å². The van der Waals surface area contributed by atoms with E-state index in [4.69, 9.17) is 0 Å². The lowest BCUT2D eigenvalue weighted by Gasteiger charge is -2.26. The van der Waals surface area contributed by atoms with Crippen LogP contribution >= 0.6 is 0 Å². The summed E-state index contributed by atoms with van der Waals surface area (Å²) in [5.74, 6) is 0.658. The zero-order valence-corrected chi connectivity index (χ0v) is 9.49. The van der Waals surface area contributed by atoms with Crippen LogP contribution < -0.4 is 0 Å². The number of benzene rings is 1. The maximum atomic E-state index is 11.0. The lowest BCUT2D eigenvalue weighted by atomic mass is 9.79. The molecular weight excluding hydrogens is 200 g/mol. The number of aromatic hydroxyl groups is 1. The standard InChI is InChI=1S/C14H16O2/c1-9(2)10-3-4-11-5-13(16)6-12(8-15)14(11)7-10/h5-6,8,10,16H,1,3-4,7H2,2H3.